The molecule has 0 saturated heterocycles. The number of hydrogen-bond acceptors (Lipinski definition) is 0. The van der Waals surface area contributed by atoms with Crippen LogP contribution in [0, 0.1) is 6.08 Å². The second-order valence-electron chi connectivity index (χ2n) is 4.98. The van der Waals surface area contributed by atoms with Gasteiger partial charge >= 0.3 is 26.2 Å². The molecule has 0 amide bonds. The fourth-order valence-corrected chi connectivity index (χ4v) is 2.60. The van der Waals surface area contributed by atoms with Crippen LogP contribution in [0.15, 0.2) is 72.3 Å². The molecular formula is C20H18Cl2Zr. The first kappa shape index (κ1) is 22.3. The van der Waals surface area contributed by atoms with Crippen LogP contribution in [0.4, 0.5) is 0 Å². The fraction of sp³-hybridized carbons (Fsp3) is 0.150. The maximum Gasteiger partial charge on any atom is 4.00 e. The van der Waals surface area contributed by atoms with Gasteiger partial charge in [0.2, 0.25) is 0 Å². The molecule has 1 aliphatic carbocycles. The molecule has 116 valence electrons. The molecule has 3 aromatic rings. The molecular weight excluding hydrogens is 402 g/mol. The van der Waals surface area contributed by atoms with Gasteiger partial charge in [-0.15, -0.1) is 46.2 Å². The molecule has 23 heavy (non-hydrogen) atoms. The third-order valence-corrected chi connectivity index (χ3v) is 3.67. The molecule has 0 bridgehead atoms. The second-order valence-corrected chi connectivity index (χ2v) is 4.98. The van der Waals surface area contributed by atoms with Crippen molar-refractivity contribution in [3.63, 3.8) is 0 Å². The average Bonchev–Trinajstić information content (AvgIpc) is 3.15. The SMILES string of the molecule is CCC1=[C-]CC=C1.[Cl-].[Cl-].[Zr+4].c1ccc2c(c1)[cH-]c1ccccc12. The molecule has 3 heteroatoms. The minimum Gasteiger partial charge on any atom is -1.00 e. The summed E-state index contributed by atoms with van der Waals surface area (Å²) < 4.78 is 0. The first-order chi connectivity index (χ1) is 9.88. The smallest absolute Gasteiger partial charge is 1.00 e. The number of rotatable bonds is 1. The minimum absolute atomic E-state index is 0. The monoisotopic (exact) mass is 418 g/mol. The van der Waals surface area contributed by atoms with Crippen LogP contribution in [-0.4, -0.2) is 0 Å². The Hall–Kier alpha value is -0.747. The van der Waals surface area contributed by atoms with E-state index in [-0.39, 0.29) is 51.0 Å². The zero-order valence-electron chi connectivity index (χ0n) is 13.0. The molecule has 0 saturated carbocycles. The van der Waals surface area contributed by atoms with Gasteiger partial charge in [-0.25, -0.2) is 11.6 Å². The van der Waals surface area contributed by atoms with Crippen LogP contribution in [0.5, 0.6) is 0 Å². The van der Waals surface area contributed by atoms with Crippen molar-refractivity contribution in [2.45, 2.75) is 19.8 Å². The van der Waals surface area contributed by atoms with E-state index in [0.29, 0.717) is 0 Å². The first-order valence-electron chi connectivity index (χ1n) is 7.18. The summed E-state index contributed by atoms with van der Waals surface area (Å²) in [5.41, 5.74) is 1.36. The number of fused-ring (bicyclic) bond motifs is 3. The Morgan fingerprint density at radius 1 is 0.913 bits per heavy atom. The van der Waals surface area contributed by atoms with Crippen molar-refractivity contribution in [1.82, 2.24) is 0 Å². The largest absolute Gasteiger partial charge is 4.00 e. The van der Waals surface area contributed by atoms with Crippen LogP contribution in [0.2, 0.25) is 0 Å². The normalized spacial score (nSPS) is 11.6. The number of benzene rings is 2. The van der Waals surface area contributed by atoms with Gasteiger partial charge in [0.15, 0.2) is 0 Å². The van der Waals surface area contributed by atoms with Gasteiger partial charge in [0.25, 0.3) is 0 Å². The Morgan fingerprint density at radius 3 is 1.83 bits per heavy atom. The van der Waals surface area contributed by atoms with Crippen molar-refractivity contribution < 1.29 is 51.0 Å². The summed E-state index contributed by atoms with van der Waals surface area (Å²) in [5.74, 6) is 0. The van der Waals surface area contributed by atoms with Gasteiger partial charge in [0.1, 0.15) is 0 Å². The Kier molecular flexibility index (Phi) is 10.6. The zero-order valence-corrected chi connectivity index (χ0v) is 17.0. The number of halogens is 2. The second kappa shape index (κ2) is 10.9. The van der Waals surface area contributed by atoms with Crippen LogP contribution >= 0.6 is 0 Å². The Morgan fingerprint density at radius 2 is 1.43 bits per heavy atom. The van der Waals surface area contributed by atoms with Crippen molar-refractivity contribution in [3.05, 3.63) is 78.4 Å². The number of allylic oxidation sites excluding steroid dienone is 4. The molecule has 0 spiro atoms. The maximum absolute atomic E-state index is 3.21. The standard InChI is InChI=1S/C13H9.C7H9.2ClH.Zr/c1-3-7-12-10(5-1)9-11-6-2-4-8-13(11)12;1-2-7-5-3-4-6-7;;;/h1-9H;3,5H,2,4H2,1H3;2*1H;/q2*-1;;;+4/p-2. The van der Waals surface area contributed by atoms with Gasteiger partial charge in [0, 0.05) is 0 Å². The molecule has 0 heterocycles. The zero-order chi connectivity index (χ0) is 13.8. The van der Waals surface area contributed by atoms with E-state index in [4.69, 9.17) is 0 Å². The van der Waals surface area contributed by atoms with Gasteiger partial charge < -0.3 is 24.8 Å². The van der Waals surface area contributed by atoms with E-state index in [1.165, 1.54) is 27.1 Å². The first-order valence-corrected chi connectivity index (χ1v) is 7.18. The third kappa shape index (κ3) is 5.38. The van der Waals surface area contributed by atoms with Crippen LogP contribution in [-0.2, 0) is 26.2 Å². The van der Waals surface area contributed by atoms with E-state index in [9.17, 15) is 0 Å². The predicted molar refractivity (Wildman–Crippen MR) is 87.9 cm³/mol. The van der Waals surface area contributed by atoms with E-state index < -0.39 is 0 Å². The van der Waals surface area contributed by atoms with E-state index in [1.807, 2.05) is 0 Å². The van der Waals surface area contributed by atoms with E-state index >= 15 is 0 Å². The Bertz CT molecular complexity index is 734. The molecule has 0 nitrogen and oxygen atoms in total. The van der Waals surface area contributed by atoms with Crippen molar-refractivity contribution in [2.24, 2.45) is 0 Å². The summed E-state index contributed by atoms with van der Waals surface area (Å²) in [4.78, 5) is 0. The fourth-order valence-electron chi connectivity index (χ4n) is 2.60. The van der Waals surface area contributed by atoms with Gasteiger partial charge in [-0.3, -0.25) is 6.08 Å². The summed E-state index contributed by atoms with van der Waals surface area (Å²) in [6, 6.07) is 19.3. The molecule has 0 aromatic heterocycles. The minimum atomic E-state index is 0. The summed E-state index contributed by atoms with van der Waals surface area (Å²) in [7, 11) is 0. The molecule has 0 unspecified atom stereocenters. The molecule has 4 rings (SSSR count). The van der Waals surface area contributed by atoms with Crippen LogP contribution in [0.1, 0.15) is 19.8 Å². The molecule has 1 aliphatic rings. The van der Waals surface area contributed by atoms with Crippen molar-refractivity contribution >= 4 is 21.5 Å². The van der Waals surface area contributed by atoms with Crippen LogP contribution in [0.25, 0.3) is 21.5 Å². The summed E-state index contributed by atoms with van der Waals surface area (Å²) in [6.07, 6.45) is 9.65. The molecule has 3 aromatic carbocycles. The van der Waals surface area contributed by atoms with Gasteiger partial charge in [-0.2, -0.15) is 6.08 Å². The average molecular weight is 420 g/mol. The summed E-state index contributed by atoms with van der Waals surface area (Å²) >= 11 is 0. The topological polar surface area (TPSA) is 0 Å². The van der Waals surface area contributed by atoms with Gasteiger partial charge in [-0.05, 0) is 0 Å². The molecule has 0 atom stereocenters. The molecule has 0 N–H and O–H groups in total. The Labute approximate surface area is 170 Å². The van der Waals surface area contributed by atoms with Crippen molar-refractivity contribution in [1.29, 1.82) is 0 Å². The Balaban J connectivity index is 0.000000426. The van der Waals surface area contributed by atoms with Gasteiger partial charge in [-0.1, -0.05) is 49.7 Å². The van der Waals surface area contributed by atoms with Crippen molar-refractivity contribution in [3.8, 4) is 0 Å². The van der Waals surface area contributed by atoms with Crippen LogP contribution in [0.3, 0.4) is 0 Å². The predicted octanol–water partition coefficient (Wildman–Crippen LogP) is -0.197. The van der Waals surface area contributed by atoms with E-state index in [2.05, 4.69) is 79.7 Å². The quantitative estimate of drug-likeness (QED) is 0.479. The summed E-state index contributed by atoms with van der Waals surface area (Å²) in [5, 5.41) is 5.39. The summed E-state index contributed by atoms with van der Waals surface area (Å²) in [6.45, 7) is 2.15. The molecule has 0 radical (unpaired) electrons. The van der Waals surface area contributed by atoms with Gasteiger partial charge in [0.05, 0.1) is 0 Å². The maximum atomic E-state index is 3.21. The molecule has 0 aliphatic heterocycles. The van der Waals surface area contributed by atoms with Crippen LogP contribution < -0.4 is 24.8 Å². The number of hydrogen-bond donors (Lipinski definition) is 0. The molecule has 0 fully saturated rings. The van der Waals surface area contributed by atoms with E-state index in [1.54, 1.807) is 0 Å². The van der Waals surface area contributed by atoms with E-state index in [0.717, 1.165) is 12.8 Å². The third-order valence-electron chi connectivity index (χ3n) is 3.67. The van der Waals surface area contributed by atoms with Crippen molar-refractivity contribution in [2.75, 3.05) is 0 Å².